The van der Waals surface area contributed by atoms with Crippen molar-refractivity contribution < 1.29 is 41.8 Å². The number of urea groups is 1. The van der Waals surface area contributed by atoms with Gasteiger partial charge in [0, 0.05) is 57.8 Å². The van der Waals surface area contributed by atoms with Gasteiger partial charge >= 0.3 is 12.1 Å². The van der Waals surface area contributed by atoms with Crippen LogP contribution in [0.2, 0.25) is 0 Å². The first-order valence-corrected chi connectivity index (χ1v) is 31.5. The number of amides is 3. The minimum atomic E-state index is -0.361. The maximum Gasteiger partial charge on any atom is 0.415 e. The highest BCUT2D eigenvalue weighted by Gasteiger charge is 2.30. The van der Waals surface area contributed by atoms with Gasteiger partial charge in [0.1, 0.15) is 34.7 Å². The Morgan fingerprint density at radius 3 is 1.29 bits per heavy atom. The monoisotopic (exact) mass is 1250 g/mol. The molecule has 3 fully saturated rings. The number of benzene rings is 6. The molecule has 3 aliphatic rings. The molecule has 4 N–H and O–H groups in total. The molecule has 0 radical (unpaired) electrons. The SMILES string of the molecule is CC(=O)Cl.CC(C)COc1ccc(CN)cc1.CC(C)COc1ccc(CNC(=O)N(Cc2ccc(F)cc2)C2CCN(C)CC2)cc1.CN1CCC(N(Cc2ccc(F)cc2)C(=O)Oc2ccccc2)CC1.CN1CCC(NCc2ccc(F)cc2)CC1. The van der Waals surface area contributed by atoms with Gasteiger partial charge in [-0.1, -0.05) is 107 Å². The quantitative estimate of drug-likeness (QED) is 0.0667. The average molecular weight is 1250 g/mol. The van der Waals surface area contributed by atoms with Crippen LogP contribution in [0.15, 0.2) is 152 Å². The molecule has 3 amide bonds. The van der Waals surface area contributed by atoms with Gasteiger partial charge in [-0.3, -0.25) is 4.79 Å². The van der Waals surface area contributed by atoms with Crippen LogP contribution in [0.25, 0.3) is 0 Å². The Kier molecular flexibility index (Phi) is 32.6. The molecule has 3 aliphatic heterocycles. The molecule has 3 heterocycles. The first-order chi connectivity index (χ1) is 42.7. The highest BCUT2D eigenvalue weighted by Crippen LogP contribution is 2.23. The van der Waals surface area contributed by atoms with E-state index in [1.54, 1.807) is 41.3 Å². The first kappa shape index (κ1) is 72.8. The number of para-hydroxylation sites is 1. The summed E-state index contributed by atoms with van der Waals surface area (Å²) in [6.45, 7) is 20.2. The van der Waals surface area contributed by atoms with E-state index in [4.69, 9.17) is 19.9 Å². The number of carbonyl (C=O) groups excluding carboxylic acids is 3. The molecule has 14 nitrogen and oxygen atoms in total. The van der Waals surface area contributed by atoms with Crippen molar-refractivity contribution in [1.29, 1.82) is 0 Å². The molecule has 0 aliphatic carbocycles. The molecular formula is C71H96ClF3N8O6. The van der Waals surface area contributed by atoms with Crippen molar-refractivity contribution in [2.24, 2.45) is 17.6 Å². The molecule has 89 heavy (non-hydrogen) atoms. The Labute approximate surface area is 532 Å². The van der Waals surface area contributed by atoms with E-state index < -0.39 is 0 Å². The molecule has 18 heteroatoms. The summed E-state index contributed by atoms with van der Waals surface area (Å²) in [5, 5.41) is 6.24. The third-order valence-corrected chi connectivity index (χ3v) is 15.2. The Balaban J connectivity index is 0.000000222. The number of nitrogens with two attached hydrogens (primary N) is 1. The lowest BCUT2D eigenvalue weighted by molar-refractivity contribution is -0.109. The molecule has 0 unspecified atom stereocenters. The van der Waals surface area contributed by atoms with Gasteiger partial charge in [0.25, 0.3) is 0 Å². The number of halogens is 4. The van der Waals surface area contributed by atoms with Gasteiger partial charge in [-0.25, -0.2) is 22.8 Å². The molecule has 6 aromatic carbocycles. The Morgan fingerprint density at radius 1 is 0.517 bits per heavy atom. The lowest BCUT2D eigenvalue weighted by atomic mass is 10.0. The Morgan fingerprint density at radius 2 is 0.876 bits per heavy atom. The average Bonchev–Trinajstić information content (AvgIpc) is 3.68. The van der Waals surface area contributed by atoms with Crippen molar-refractivity contribution >= 4 is 29.0 Å². The summed E-state index contributed by atoms with van der Waals surface area (Å²) < 4.78 is 56.0. The van der Waals surface area contributed by atoms with Crippen LogP contribution >= 0.6 is 11.6 Å². The van der Waals surface area contributed by atoms with E-state index in [1.165, 1.54) is 69.3 Å². The lowest BCUT2D eigenvalue weighted by Gasteiger charge is -2.37. The van der Waals surface area contributed by atoms with Gasteiger partial charge in [-0.2, -0.15) is 0 Å². The third-order valence-electron chi connectivity index (χ3n) is 15.2. The lowest BCUT2D eigenvalue weighted by Crippen LogP contribution is -2.49. The van der Waals surface area contributed by atoms with E-state index in [2.05, 4.69) is 85.8 Å². The van der Waals surface area contributed by atoms with E-state index >= 15 is 0 Å². The number of carbonyl (C=O) groups is 3. The van der Waals surface area contributed by atoms with Crippen molar-refractivity contribution in [1.82, 2.24) is 35.1 Å². The van der Waals surface area contributed by atoms with Crippen molar-refractivity contribution in [3.05, 3.63) is 197 Å². The van der Waals surface area contributed by atoms with Crippen molar-refractivity contribution in [3.63, 3.8) is 0 Å². The summed E-state index contributed by atoms with van der Waals surface area (Å²) in [5.74, 6) is 2.63. The first-order valence-electron chi connectivity index (χ1n) is 31.1. The largest absolute Gasteiger partial charge is 0.493 e. The second-order valence-corrected chi connectivity index (χ2v) is 24.4. The highest BCUT2D eigenvalue weighted by atomic mass is 35.5. The van der Waals surface area contributed by atoms with Crippen LogP contribution in [0, 0.1) is 29.3 Å². The van der Waals surface area contributed by atoms with E-state index in [1.807, 2.05) is 83.8 Å². The normalized spacial score (nSPS) is 14.9. The molecule has 0 spiro atoms. The third kappa shape index (κ3) is 29.5. The topological polar surface area (TPSA) is 145 Å². The van der Waals surface area contributed by atoms with E-state index in [9.17, 15) is 27.6 Å². The molecule has 0 aromatic heterocycles. The number of ether oxygens (including phenoxy) is 3. The molecule has 9 rings (SSSR count). The van der Waals surface area contributed by atoms with Gasteiger partial charge in [-0.05, 0) is 223 Å². The minimum Gasteiger partial charge on any atom is -0.493 e. The molecule has 0 atom stereocenters. The fraction of sp³-hybridized carbons (Fsp3) is 0.451. The van der Waals surface area contributed by atoms with Gasteiger partial charge in [0.2, 0.25) is 5.24 Å². The number of nitrogens with one attached hydrogen (secondary N) is 2. The maximum absolute atomic E-state index is 13.3. The van der Waals surface area contributed by atoms with Gasteiger partial charge < -0.3 is 55.1 Å². The zero-order valence-corrected chi connectivity index (χ0v) is 54.3. The molecule has 0 saturated carbocycles. The fourth-order valence-electron chi connectivity index (χ4n) is 9.85. The number of hydrogen-bond acceptors (Lipinski definition) is 11. The predicted molar refractivity (Wildman–Crippen MR) is 351 cm³/mol. The van der Waals surface area contributed by atoms with Gasteiger partial charge in [-0.15, -0.1) is 0 Å². The number of piperidine rings is 3. The van der Waals surface area contributed by atoms with Gasteiger partial charge in [0.05, 0.1) is 13.2 Å². The fourth-order valence-corrected chi connectivity index (χ4v) is 9.85. The van der Waals surface area contributed by atoms with Crippen LogP contribution < -0.4 is 30.6 Å². The molecule has 3 saturated heterocycles. The number of likely N-dealkylation sites (tertiary alicyclic amines) is 3. The zero-order chi connectivity index (χ0) is 64.5. The van der Waals surface area contributed by atoms with E-state index in [0.717, 1.165) is 104 Å². The summed E-state index contributed by atoms with van der Waals surface area (Å²) in [4.78, 5) is 45.7. The van der Waals surface area contributed by atoms with Crippen LogP contribution in [0.3, 0.4) is 0 Å². The van der Waals surface area contributed by atoms with Crippen LogP contribution in [0.1, 0.15) is 101 Å². The maximum atomic E-state index is 13.3. The summed E-state index contributed by atoms with van der Waals surface area (Å²) >= 11 is 4.64. The summed E-state index contributed by atoms with van der Waals surface area (Å²) in [5.41, 5.74) is 10.6. The van der Waals surface area contributed by atoms with Crippen LogP contribution in [-0.2, 0) is 37.5 Å². The second-order valence-electron chi connectivity index (χ2n) is 23.9. The Hall–Kier alpha value is -6.99. The Bertz CT molecular complexity index is 2900. The van der Waals surface area contributed by atoms with Crippen molar-refractivity contribution in [2.75, 3.05) is 73.6 Å². The van der Waals surface area contributed by atoms with Crippen molar-refractivity contribution in [2.45, 2.75) is 124 Å². The zero-order valence-electron chi connectivity index (χ0n) is 53.5. The second kappa shape index (κ2) is 39.9. The van der Waals surface area contributed by atoms with Crippen LogP contribution in [0.5, 0.6) is 17.2 Å². The van der Waals surface area contributed by atoms with Crippen LogP contribution in [0.4, 0.5) is 22.8 Å². The van der Waals surface area contributed by atoms with Crippen LogP contribution in [-0.4, -0.2) is 134 Å². The number of rotatable bonds is 19. The number of nitrogens with zero attached hydrogens (tertiary/aromatic N) is 5. The summed E-state index contributed by atoms with van der Waals surface area (Å²) in [6, 6.07) is 45.1. The standard InChI is InChI=1S/C25H34FN3O2.C20H23FN2O2.C13H19FN2.C11H17NO.C2H3ClO/c1-19(2)18-31-24-10-6-20(7-11-24)16-27-25(30)29(23-12-14-28(3)15-13-23)17-21-4-8-22(26)9-5-21;1-22-13-11-18(12-14-22)23(15-16-7-9-17(21)10-8-16)20(24)25-19-5-3-2-4-6-19;1-16-8-6-13(7-9-16)15-10-11-2-4-12(14)5-3-11;1-9(2)8-13-11-5-3-10(7-12)4-6-11;1-2(3)4/h4-11,19,23H,12-18H2,1-3H3,(H,27,30);2-10,18H,11-15H2,1H3;2-5,13,15H,6-10H2,1H3;3-6,9H,7-8,12H2,1-2H3;1H3. The van der Waals surface area contributed by atoms with Crippen molar-refractivity contribution in [3.8, 4) is 17.2 Å². The van der Waals surface area contributed by atoms with Gasteiger partial charge in [0.15, 0.2) is 0 Å². The summed E-state index contributed by atoms with van der Waals surface area (Å²) in [7, 11) is 6.36. The highest BCUT2D eigenvalue weighted by molar-refractivity contribution is 6.62. The van der Waals surface area contributed by atoms with E-state index in [0.29, 0.717) is 56.4 Å². The molecule has 6 aromatic rings. The summed E-state index contributed by atoms with van der Waals surface area (Å²) in [6.07, 6.45) is 5.74. The van der Waals surface area contributed by atoms with E-state index in [-0.39, 0.29) is 46.9 Å². The minimum absolute atomic E-state index is 0.0842. The molecule has 0 bridgehead atoms. The predicted octanol–water partition coefficient (Wildman–Crippen LogP) is 13.5. The number of hydrogen-bond donors (Lipinski definition) is 3. The smallest absolute Gasteiger partial charge is 0.415 e. The molecular weight excluding hydrogens is 1150 g/mol. The molecule has 484 valence electrons.